The first-order valence-electron chi connectivity index (χ1n) is 5.75. The SMILES string of the molecule is N#Cc1cccc(Oc2ccc3cccnc3c2)n1. The summed E-state index contributed by atoms with van der Waals surface area (Å²) >= 11 is 0. The van der Waals surface area contributed by atoms with Crippen LogP contribution < -0.4 is 4.74 Å². The van der Waals surface area contributed by atoms with Crippen molar-refractivity contribution in [3.63, 3.8) is 0 Å². The maximum Gasteiger partial charge on any atom is 0.220 e. The van der Waals surface area contributed by atoms with E-state index >= 15 is 0 Å². The fourth-order valence-corrected chi connectivity index (χ4v) is 1.76. The van der Waals surface area contributed by atoms with Crippen LogP contribution in [-0.2, 0) is 0 Å². The van der Waals surface area contributed by atoms with E-state index in [1.807, 2.05) is 36.4 Å². The number of rotatable bonds is 2. The molecule has 0 N–H and O–H groups in total. The van der Waals surface area contributed by atoms with Crippen LogP contribution in [0.1, 0.15) is 5.69 Å². The molecule has 90 valence electrons. The van der Waals surface area contributed by atoms with E-state index in [4.69, 9.17) is 10.00 Å². The predicted molar refractivity (Wildman–Crippen MR) is 70.8 cm³/mol. The van der Waals surface area contributed by atoms with E-state index in [0.29, 0.717) is 17.3 Å². The van der Waals surface area contributed by atoms with Crippen LogP contribution in [0.2, 0.25) is 0 Å². The minimum absolute atomic E-state index is 0.330. The molecule has 0 bridgehead atoms. The maximum atomic E-state index is 8.79. The summed E-state index contributed by atoms with van der Waals surface area (Å²) in [5.41, 5.74) is 1.19. The number of nitriles is 1. The van der Waals surface area contributed by atoms with Gasteiger partial charge in [0.15, 0.2) is 0 Å². The molecule has 0 aliphatic heterocycles. The lowest BCUT2D eigenvalue weighted by atomic mass is 10.2. The molecular weight excluding hydrogens is 238 g/mol. The molecule has 0 saturated carbocycles. The fourth-order valence-electron chi connectivity index (χ4n) is 1.76. The summed E-state index contributed by atoms with van der Waals surface area (Å²) in [6, 6.07) is 16.6. The highest BCUT2D eigenvalue weighted by Gasteiger charge is 2.02. The first kappa shape index (κ1) is 11.2. The average molecular weight is 247 g/mol. The van der Waals surface area contributed by atoms with Gasteiger partial charge in [0, 0.05) is 23.7 Å². The van der Waals surface area contributed by atoms with Crippen LogP contribution in [0.15, 0.2) is 54.7 Å². The summed E-state index contributed by atoms with van der Waals surface area (Å²) < 4.78 is 5.63. The van der Waals surface area contributed by atoms with Gasteiger partial charge in [-0.15, -0.1) is 0 Å². The average Bonchev–Trinajstić information content (AvgIpc) is 2.47. The number of hydrogen-bond donors (Lipinski definition) is 0. The van der Waals surface area contributed by atoms with E-state index < -0.39 is 0 Å². The Labute approximate surface area is 109 Å². The van der Waals surface area contributed by atoms with Gasteiger partial charge in [0.05, 0.1) is 5.52 Å². The van der Waals surface area contributed by atoms with Crippen LogP contribution >= 0.6 is 0 Å². The van der Waals surface area contributed by atoms with Gasteiger partial charge in [-0.2, -0.15) is 5.26 Å². The van der Waals surface area contributed by atoms with Crippen molar-refractivity contribution >= 4 is 10.9 Å². The van der Waals surface area contributed by atoms with Crippen LogP contribution in [0.4, 0.5) is 0 Å². The van der Waals surface area contributed by atoms with E-state index in [2.05, 4.69) is 9.97 Å². The van der Waals surface area contributed by atoms with Crippen LogP contribution in [-0.4, -0.2) is 9.97 Å². The van der Waals surface area contributed by atoms with Crippen molar-refractivity contribution in [1.82, 2.24) is 9.97 Å². The molecule has 1 aromatic carbocycles. The second-order valence-corrected chi connectivity index (χ2v) is 3.93. The molecule has 0 aliphatic carbocycles. The van der Waals surface area contributed by atoms with E-state index in [-0.39, 0.29) is 0 Å². The standard InChI is InChI=1S/C15H9N3O/c16-10-12-4-1-5-15(18-12)19-13-7-6-11-3-2-8-17-14(11)9-13/h1-9H. The molecule has 4 heteroatoms. The van der Waals surface area contributed by atoms with Crippen LogP contribution in [0.3, 0.4) is 0 Å². The summed E-state index contributed by atoms with van der Waals surface area (Å²) in [4.78, 5) is 8.33. The minimum Gasteiger partial charge on any atom is -0.439 e. The van der Waals surface area contributed by atoms with Gasteiger partial charge in [-0.05, 0) is 24.3 Å². The first-order chi connectivity index (χ1) is 9.35. The zero-order valence-electron chi connectivity index (χ0n) is 9.95. The number of pyridine rings is 2. The summed E-state index contributed by atoms with van der Waals surface area (Å²) in [6.07, 6.45) is 1.74. The third-order valence-corrected chi connectivity index (χ3v) is 2.64. The highest BCUT2D eigenvalue weighted by atomic mass is 16.5. The molecule has 0 aliphatic rings. The number of fused-ring (bicyclic) bond motifs is 1. The maximum absolute atomic E-state index is 8.79. The van der Waals surface area contributed by atoms with E-state index in [1.54, 1.807) is 24.4 Å². The van der Waals surface area contributed by atoms with Crippen molar-refractivity contribution in [1.29, 1.82) is 5.26 Å². The van der Waals surface area contributed by atoms with Gasteiger partial charge in [0.1, 0.15) is 17.5 Å². The second kappa shape index (κ2) is 4.75. The van der Waals surface area contributed by atoms with Crippen LogP contribution in [0.5, 0.6) is 11.6 Å². The molecule has 2 heterocycles. The highest BCUT2D eigenvalue weighted by molar-refractivity contribution is 5.79. The van der Waals surface area contributed by atoms with Gasteiger partial charge in [0.2, 0.25) is 5.88 Å². The summed E-state index contributed by atoms with van der Waals surface area (Å²) in [5, 5.41) is 9.84. The normalized spacial score (nSPS) is 10.1. The zero-order valence-corrected chi connectivity index (χ0v) is 9.95. The topological polar surface area (TPSA) is 58.8 Å². The summed E-state index contributed by atoms with van der Waals surface area (Å²) in [6.45, 7) is 0. The largest absolute Gasteiger partial charge is 0.439 e. The van der Waals surface area contributed by atoms with Gasteiger partial charge >= 0.3 is 0 Å². The number of benzene rings is 1. The Morgan fingerprint density at radius 2 is 2.00 bits per heavy atom. The number of hydrogen-bond acceptors (Lipinski definition) is 4. The second-order valence-electron chi connectivity index (χ2n) is 3.93. The molecule has 3 rings (SSSR count). The fraction of sp³-hybridized carbons (Fsp3) is 0. The molecule has 3 aromatic rings. The smallest absolute Gasteiger partial charge is 0.220 e. The van der Waals surface area contributed by atoms with Gasteiger partial charge in [-0.3, -0.25) is 4.98 Å². The Hall–Kier alpha value is -2.93. The molecular formula is C15H9N3O. The van der Waals surface area contributed by atoms with Crippen LogP contribution in [0.25, 0.3) is 10.9 Å². The molecule has 4 nitrogen and oxygen atoms in total. The van der Waals surface area contributed by atoms with Gasteiger partial charge < -0.3 is 4.74 Å². The predicted octanol–water partition coefficient (Wildman–Crippen LogP) is 3.29. The summed E-state index contributed by atoms with van der Waals surface area (Å²) in [5.74, 6) is 1.04. The molecule has 0 spiro atoms. The monoisotopic (exact) mass is 247 g/mol. The zero-order chi connectivity index (χ0) is 13.1. The molecule has 0 fully saturated rings. The van der Waals surface area contributed by atoms with Crippen molar-refractivity contribution in [3.05, 3.63) is 60.4 Å². The number of nitrogens with zero attached hydrogens (tertiary/aromatic N) is 3. The molecule has 19 heavy (non-hydrogen) atoms. The van der Waals surface area contributed by atoms with E-state index in [0.717, 1.165) is 10.9 Å². The molecule has 0 unspecified atom stereocenters. The number of ether oxygens (including phenoxy) is 1. The number of aromatic nitrogens is 2. The molecule has 0 radical (unpaired) electrons. The van der Waals surface area contributed by atoms with E-state index in [9.17, 15) is 0 Å². The Bertz CT molecular complexity index is 777. The molecule has 0 atom stereocenters. The Balaban J connectivity index is 1.94. The lowest BCUT2D eigenvalue weighted by molar-refractivity contribution is 0.463. The van der Waals surface area contributed by atoms with Gasteiger partial charge in [-0.25, -0.2) is 4.98 Å². The highest BCUT2D eigenvalue weighted by Crippen LogP contribution is 2.23. The molecule has 2 aromatic heterocycles. The molecule has 0 amide bonds. The lowest BCUT2D eigenvalue weighted by Crippen LogP contribution is -1.90. The van der Waals surface area contributed by atoms with Crippen molar-refractivity contribution in [3.8, 4) is 17.7 Å². The van der Waals surface area contributed by atoms with Gasteiger partial charge in [0.25, 0.3) is 0 Å². The van der Waals surface area contributed by atoms with Crippen molar-refractivity contribution in [2.45, 2.75) is 0 Å². The van der Waals surface area contributed by atoms with Crippen LogP contribution in [0, 0.1) is 11.3 Å². The lowest BCUT2D eigenvalue weighted by Gasteiger charge is -2.05. The Kier molecular flexibility index (Phi) is 2.79. The summed E-state index contributed by atoms with van der Waals surface area (Å²) in [7, 11) is 0. The van der Waals surface area contributed by atoms with Crippen molar-refractivity contribution < 1.29 is 4.74 Å². The quantitative estimate of drug-likeness (QED) is 0.697. The first-order valence-corrected chi connectivity index (χ1v) is 5.75. The van der Waals surface area contributed by atoms with Crippen molar-refractivity contribution in [2.75, 3.05) is 0 Å². The Morgan fingerprint density at radius 3 is 2.89 bits per heavy atom. The Morgan fingerprint density at radius 1 is 1.05 bits per heavy atom. The van der Waals surface area contributed by atoms with Gasteiger partial charge in [-0.1, -0.05) is 12.1 Å². The van der Waals surface area contributed by atoms with Crippen molar-refractivity contribution in [2.24, 2.45) is 0 Å². The van der Waals surface area contributed by atoms with E-state index in [1.165, 1.54) is 0 Å². The third kappa shape index (κ3) is 2.35. The third-order valence-electron chi connectivity index (χ3n) is 2.64. The minimum atomic E-state index is 0.330. The molecule has 0 saturated heterocycles.